The van der Waals surface area contributed by atoms with Crippen molar-refractivity contribution in [3.8, 4) is 0 Å². The lowest BCUT2D eigenvalue weighted by atomic mass is 9.89. The summed E-state index contributed by atoms with van der Waals surface area (Å²) in [6.07, 6.45) is 2.00. The average molecular weight is 270 g/mol. The van der Waals surface area contributed by atoms with E-state index in [-0.39, 0.29) is 11.7 Å². The fourth-order valence-corrected chi connectivity index (χ4v) is 2.72. The molecule has 2 aromatic rings. The number of hydrogen-bond donors (Lipinski definition) is 1. The van der Waals surface area contributed by atoms with Gasteiger partial charge in [-0.25, -0.2) is 4.98 Å². The molecule has 104 valence electrons. The van der Waals surface area contributed by atoms with Crippen LogP contribution in [0.5, 0.6) is 0 Å². The first kappa shape index (κ1) is 12.8. The number of aromatic amines is 1. The van der Waals surface area contributed by atoms with Crippen LogP contribution in [-0.2, 0) is 0 Å². The number of aromatic nitrogens is 3. The van der Waals surface area contributed by atoms with Crippen molar-refractivity contribution in [3.63, 3.8) is 0 Å². The van der Waals surface area contributed by atoms with Crippen LogP contribution in [0.3, 0.4) is 0 Å². The molecule has 0 unspecified atom stereocenters. The van der Waals surface area contributed by atoms with Crippen molar-refractivity contribution in [1.82, 2.24) is 20.1 Å². The average Bonchev–Trinajstić information content (AvgIpc) is 2.94. The van der Waals surface area contributed by atoms with Crippen molar-refractivity contribution in [2.75, 3.05) is 13.1 Å². The van der Waals surface area contributed by atoms with E-state index in [0.29, 0.717) is 11.7 Å². The summed E-state index contributed by atoms with van der Waals surface area (Å²) in [6, 6.07) is 10.5. The smallest absolute Gasteiger partial charge is 0.293 e. The van der Waals surface area contributed by atoms with Gasteiger partial charge in [0.05, 0.1) is 0 Å². The van der Waals surface area contributed by atoms with E-state index in [1.165, 1.54) is 5.56 Å². The molecule has 5 heteroatoms. The van der Waals surface area contributed by atoms with Crippen LogP contribution in [-0.4, -0.2) is 39.1 Å². The second-order valence-corrected chi connectivity index (χ2v) is 5.22. The van der Waals surface area contributed by atoms with Crippen LogP contribution in [0.4, 0.5) is 0 Å². The molecule has 0 radical (unpaired) electrons. The van der Waals surface area contributed by atoms with E-state index in [9.17, 15) is 4.79 Å². The summed E-state index contributed by atoms with van der Waals surface area (Å²) in [4.78, 5) is 18.2. The first-order valence-corrected chi connectivity index (χ1v) is 6.97. The van der Waals surface area contributed by atoms with Gasteiger partial charge in [0.2, 0.25) is 5.82 Å². The minimum absolute atomic E-state index is 0.0686. The van der Waals surface area contributed by atoms with Crippen molar-refractivity contribution in [3.05, 3.63) is 47.5 Å². The zero-order chi connectivity index (χ0) is 13.9. The molecule has 5 nitrogen and oxygen atoms in total. The third-order valence-electron chi connectivity index (χ3n) is 3.84. The molecule has 3 rings (SSSR count). The molecule has 0 atom stereocenters. The Morgan fingerprint density at radius 1 is 1.25 bits per heavy atom. The van der Waals surface area contributed by atoms with Crippen LogP contribution in [0.15, 0.2) is 30.3 Å². The number of hydrogen-bond acceptors (Lipinski definition) is 3. The maximum atomic E-state index is 12.2. The maximum absolute atomic E-state index is 12.2. The molecule has 1 aliphatic heterocycles. The van der Waals surface area contributed by atoms with Crippen LogP contribution in [0, 0.1) is 6.92 Å². The fraction of sp³-hybridized carbons (Fsp3) is 0.400. The van der Waals surface area contributed by atoms with Crippen LogP contribution < -0.4 is 0 Å². The Labute approximate surface area is 118 Å². The van der Waals surface area contributed by atoms with Gasteiger partial charge in [0, 0.05) is 13.1 Å². The van der Waals surface area contributed by atoms with Gasteiger partial charge >= 0.3 is 0 Å². The summed E-state index contributed by atoms with van der Waals surface area (Å²) < 4.78 is 0. The van der Waals surface area contributed by atoms with E-state index in [4.69, 9.17) is 0 Å². The SMILES string of the molecule is Cc1nc(C(=O)N2CCC(c3ccccc3)CC2)n[nH]1. The number of amides is 1. The third-order valence-corrected chi connectivity index (χ3v) is 3.84. The molecular formula is C15H18N4O. The molecule has 20 heavy (non-hydrogen) atoms. The molecule has 0 bridgehead atoms. The highest BCUT2D eigenvalue weighted by molar-refractivity contribution is 5.90. The van der Waals surface area contributed by atoms with Crippen LogP contribution in [0.2, 0.25) is 0 Å². The first-order valence-electron chi connectivity index (χ1n) is 6.97. The van der Waals surface area contributed by atoms with E-state index in [1.807, 2.05) is 11.0 Å². The lowest BCUT2D eigenvalue weighted by Gasteiger charge is -2.31. The predicted octanol–water partition coefficient (Wildman–Crippen LogP) is 2.13. The second kappa shape index (κ2) is 5.45. The molecule has 2 heterocycles. The molecule has 1 amide bonds. The molecule has 1 aromatic carbocycles. The summed E-state index contributed by atoms with van der Waals surface area (Å²) >= 11 is 0. The number of rotatable bonds is 2. The first-order chi connectivity index (χ1) is 9.74. The highest BCUT2D eigenvalue weighted by Crippen LogP contribution is 2.28. The van der Waals surface area contributed by atoms with Crippen LogP contribution in [0.25, 0.3) is 0 Å². The van der Waals surface area contributed by atoms with Gasteiger partial charge in [0.15, 0.2) is 0 Å². The van der Waals surface area contributed by atoms with Gasteiger partial charge in [0.25, 0.3) is 5.91 Å². The number of nitrogens with one attached hydrogen (secondary N) is 1. The van der Waals surface area contributed by atoms with Gasteiger partial charge in [-0.05, 0) is 31.2 Å². The summed E-state index contributed by atoms with van der Waals surface area (Å²) in [5.41, 5.74) is 1.37. The van der Waals surface area contributed by atoms with E-state index in [0.717, 1.165) is 25.9 Å². The number of carbonyl (C=O) groups excluding carboxylic acids is 1. The van der Waals surface area contributed by atoms with E-state index < -0.39 is 0 Å². The highest BCUT2D eigenvalue weighted by atomic mass is 16.2. The van der Waals surface area contributed by atoms with Crippen molar-refractivity contribution in [2.45, 2.75) is 25.7 Å². The number of piperidine rings is 1. The molecule has 0 saturated carbocycles. The van der Waals surface area contributed by atoms with Gasteiger partial charge in [0.1, 0.15) is 5.82 Å². The zero-order valence-corrected chi connectivity index (χ0v) is 11.5. The van der Waals surface area contributed by atoms with E-state index in [2.05, 4.69) is 39.4 Å². The quantitative estimate of drug-likeness (QED) is 0.909. The monoisotopic (exact) mass is 270 g/mol. The number of likely N-dealkylation sites (tertiary alicyclic amines) is 1. The van der Waals surface area contributed by atoms with Gasteiger partial charge in [-0.2, -0.15) is 0 Å². The van der Waals surface area contributed by atoms with E-state index in [1.54, 1.807) is 6.92 Å². The van der Waals surface area contributed by atoms with Gasteiger partial charge in [-0.1, -0.05) is 30.3 Å². The number of aryl methyl sites for hydroxylation is 1. The van der Waals surface area contributed by atoms with Gasteiger partial charge in [-0.15, -0.1) is 5.10 Å². The Balaban J connectivity index is 1.63. The summed E-state index contributed by atoms with van der Waals surface area (Å²) in [5, 5.41) is 6.66. The molecule has 1 aliphatic rings. The van der Waals surface area contributed by atoms with Crippen molar-refractivity contribution >= 4 is 5.91 Å². The Morgan fingerprint density at radius 2 is 1.95 bits per heavy atom. The van der Waals surface area contributed by atoms with Crippen molar-refractivity contribution in [2.24, 2.45) is 0 Å². The Morgan fingerprint density at radius 3 is 2.55 bits per heavy atom. The summed E-state index contributed by atoms with van der Waals surface area (Å²) in [7, 11) is 0. The molecule has 0 aliphatic carbocycles. The maximum Gasteiger partial charge on any atom is 0.293 e. The minimum Gasteiger partial charge on any atom is -0.336 e. The van der Waals surface area contributed by atoms with Crippen molar-refractivity contribution in [1.29, 1.82) is 0 Å². The summed E-state index contributed by atoms with van der Waals surface area (Å²) in [5.74, 6) is 1.43. The number of benzene rings is 1. The predicted molar refractivity (Wildman–Crippen MR) is 75.4 cm³/mol. The number of nitrogens with zero attached hydrogens (tertiary/aromatic N) is 3. The normalized spacial score (nSPS) is 16.4. The lowest BCUT2D eigenvalue weighted by Crippen LogP contribution is -2.38. The zero-order valence-electron chi connectivity index (χ0n) is 11.5. The van der Waals surface area contributed by atoms with Crippen LogP contribution >= 0.6 is 0 Å². The number of carbonyl (C=O) groups is 1. The molecular weight excluding hydrogens is 252 g/mol. The van der Waals surface area contributed by atoms with Crippen molar-refractivity contribution < 1.29 is 4.79 Å². The van der Waals surface area contributed by atoms with Gasteiger partial charge in [-0.3, -0.25) is 9.89 Å². The number of H-pyrrole nitrogens is 1. The Hall–Kier alpha value is -2.17. The van der Waals surface area contributed by atoms with E-state index >= 15 is 0 Å². The molecule has 0 spiro atoms. The molecule has 1 fully saturated rings. The highest BCUT2D eigenvalue weighted by Gasteiger charge is 2.26. The minimum atomic E-state index is -0.0686. The molecule has 1 aromatic heterocycles. The fourth-order valence-electron chi connectivity index (χ4n) is 2.72. The molecule has 1 saturated heterocycles. The Kier molecular flexibility index (Phi) is 3.50. The Bertz CT molecular complexity index is 585. The topological polar surface area (TPSA) is 61.9 Å². The lowest BCUT2D eigenvalue weighted by molar-refractivity contribution is 0.0701. The second-order valence-electron chi connectivity index (χ2n) is 5.22. The summed E-state index contributed by atoms with van der Waals surface area (Å²) in [6.45, 7) is 3.34. The largest absolute Gasteiger partial charge is 0.336 e. The third kappa shape index (κ3) is 2.57. The molecule has 1 N–H and O–H groups in total. The van der Waals surface area contributed by atoms with Gasteiger partial charge < -0.3 is 4.90 Å². The van der Waals surface area contributed by atoms with Crippen LogP contribution in [0.1, 0.15) is 40.8 Å². The standard InChI is InChI=1S/C15H18N4O/c1-11-16-14(18-17-11)15(20)19-9-7-13(8-10-19)12-5-3-2-4-6-12/h2-6,13H,7-10H2,1H3,(H,16,17,18).